The van der Waals surface area contributed by atoms with Crippen LogP contribution in [-0.4, -0.2) is 51.7 Å². The standard InChI is InChI=1S/C15H13BrN4O2S/c16-12-9-17-15-20(12)18-13(23-15)10-1-3-11(4-2-10)14(21)19-5-7-22-8-6-19/h1-4,9H,5-8H2. The van der Waals surface area contributed by atoms with Gasteiger partial charge in [-0.05, 0) is 28.1 Å². The Kier molecular flexibility index (Phi) is 3.88. The van der Waals surface area contributed by atoms with Crippen LogP contribution in [0.1, 0.15) is 10.4 Å². The first kappa shape index (κ1) is 14.8. The average Bonchev–Trinajstić information content (AvgIpc) is 3.18. The largest absolute Gasteiger partial charge is 0.378 e. The minimum Gasteiger partial charge on any atom is -0.378 e. The molecule has 23 heavy (non-hydrogen) atoms. The summed E-state index contributed by atoms with van der Waals surface area (Å²) in [6.07, 6.45) is 1.73. The van der Waals surface area contributed by atoms with Gasteiger partial charge in [-0.2, -0.15) is 9.61 Å². The van der Waals surface area contributed by atoms with Crippen molar-refractivity contribution in [1.82, 2.24) is 19.5 Å². The molecule has 118 valence electrons. The van der Waals surface area contributed by atoms with E-state index in [4.69, 9.17) is 4.74 Å². The Bertz CT molecular complexity index is 852. The van der Waals surface area contributed by atoms with Crippen LogP contribution >= 0.6 is 27.3 Å². The Hall–Kier alpha value is -1.77. The first-order valence-electron chi connectivity index (χ1n) is 7.20. The van der Waals surface area contributed by atoms with Crippen molar-refractivity contribution in [2.45, 2.75) is 0 Å². The monoisotopic (exact) mass is 392 g/mol. The number of nitrogens with zero attached hydrogens (tertiary/aromatic N) is 4. The second kappa shape index (κ2) is 6.03. The molecule has 8 heteroatoms. The summed E-state index contributed by atoms with van der Waals surface area (Å²) in [5, 5.41) is 5.40. The Morgan fingerprint density at radius 3 is 2.65 bits per heavy atom. The average molecular weight is 393 g/mol. The topological polar surface area (TPSA) is 59.7 Å². The fourth-order valence-electron chi connectivity index (χ4n) is 2.49. The number of rotatable bonds is 2. The highest BCUT2D eigenvalue weighted by atomic mass is 79.9. The van der Waals surface area contributed by atoms with E-state index in [1.54, 1.807) is 10.7 Å². The van der Waals surface area contributed by atoms with Crippen LogP contribution in [0, 0.1) is 0 Å². The van der Waals surface area contributed by atoms with Gasteiger partial charge in [-0.1, -0.05) is 23.5 Å². The maximum absolute atomic E-state index is 12.4. The van der Waals surface area contributed by atoms with Crippen LogP contribution in [0.5, 0.6) is 0 Å². The zero-order chi connectivity index (χ0) is 15.8. The molecule has 2 aromatic heterocycles. The number of benzene rings is 1. The molecule has 4 rings (SSSR count). The van der Waals surface area contributed by atoms with Crippen molar-refractivity contribution in [2.24, 2.45) is 0 Å². The number of carbonyl (C=O) groups is 1. The molecule has 1 saturated heterocycles. The molecule has 1 amide bonds. The summed E-state index contributed by atoms with van der Waals surface area (Å²) in [7, 11) is 0. The van der Waals surface area contributed by atoms with Crippen LogP contribution in [-0.2, 0) is 4.74 Å². The first-order chi connectivity index (χ1) is 11.2. The van der Waals surface area contributed by atoms with Gasteiger partial charge in [-0.25, -0.2) is 4.98 Å². The van der Waals surface area contributed by atoms with E-state index in [-0.39, 0.29) is 5.91 Å². The van der Waals surface area contributed by atoms with Crippen molar-refractivity contribution in [3.05, 3.63) is 40.6 Å². The van der Waals surface area contributed by atoms with Gasteiger partial charge >= 0.3 is 0 Å². The minimum atomic E-state index is 0.0523. The van der Waals surface area contributed by atoms with E-state index in [2.05, 4.69) is 26.0 Å². The summed E-state index contributed by atoms with van der Waals surface area (Å²) >= 11 is 4.92. The lowest BCUT2D eigenvalue weighted by atomic mass is 10.1. The second-order valence-electron chi connectivity index (χ2n) is 5.16. The summed E-state index contributed by atoms with van der Waals surface area (Å²) in [6, 6.07) is 7.57. The number of imidazole rings is 1. The van der Waals surface area contributed by atoms with E-state index in [0.29, 0.717) is 31.9 Å². The highest BCUT2D eigenvalue weighted by molar-refractivity contribution is 9.10. The Morgan fingerprint density at radius 2 is 1.96 bits per heavy atom. The van der Waals surface area contributed by atoms with E-state index in [0.717, 1.165) is 20.1 Å². The second-order valence-corrected chi connectivity index (χ2v) is 6.93. The highest BCUT2D eigenvalue weighted by Crippen LogP contribution is 2.27. The molecule has 0 bridgehead atoms. The van der Waals surface area contributed by atoms with Crippen LogP contribution in [0.2, 0.25) is 0 Å². The fraction of sp³-hybridized carbons (Fsp3) is 0.267. The summed E-state index contributed by atoms with van der Waals surface area (Å²) in [5.41, 5.74) is 1.67. The van der Waals surface area contributed by atoms with Crippen LogP contribution in [0.25, 0.3) is 15.5 Å². The van der Waals surface area contributed by atoms with Gasteiger partial charge in [0.05, 0.1) is 19.4 Å². The molecule has 6 nitrogen and oxygen atoms in total. The van der Waals surface area contributed by atoms with Gasteiger partial charge in [0, 0.05) is 24.2 Å². The van der Waals surface area contributed by atoms with Gasteiger partial charge < -0.3 is 9.64 Å². The van der Waals surface area contributed by atoms with Crippen molar-refractivity contribution < 1.29 is 9.53 Å². The Morgan fingerprint density at radius 1 is 1.22 bits per heavy atom. The molecule has 3 aromatic rings. The number of amides is 1. The first-order valence-corrected chi connectivity index (χ1v) is 8.81. The molecule has 0 unspecified atom stereocenters. The molecule has 0 atom stereocenters. The van der Waals surface area contributed by atoms with Crippen molar-refractivity contribution in [2.75, 3.05) is 26.3 Å². The van der Waals surface area contributed by atoms with Crippen molar-refractivity contribution in [1.29, 1.82) is 0 Å². The fourth-order valence-corrected chi connectivity index (χ4v) is 3.84. The molecule has 0 N–H and O–H groups in total. The number of aromatic nitrogens is 3. The van der Waals surface area contributed by atoms with Crippen molar-refractivity contribution in [3.8, 4) is 10.6 Å². The van der Waals surface area contributed by atoms with Gasteiger partial charge in [-0.3, -0.25) is 4.79 Å². The molecule has 0 spiro atoms. The van der Waals surface area contributed by atoms with E-state index >= 15 is 0 Å². The lowest BCUT2D eigenvalue weighted by Crippen LogP contribution is -2.40. The van der Waals surface area contributed by atoms with Gasteiger partial charge in [0.25, 0.3) is 5.91 Å². The molecule has 0 aliphatic carbocycles. The number of hydrogen-bond acceptors (Lipinski definition) is 5. The van der Waals surface area contributed by atoms with Gasteiger partial charge in [0.1, 0.15) is 9.61 Å². The number of ether oxygens (including phenoxy) is 1. The molecule has 1 aliphatic rings. The zero-order valence-corrected chi connectivity index (χ0v) is 14.5. The molecule has 1 aromatic carbocycles. The lowest BCUT2D eigenvalue weighted by molar-refractivity contribution is 0.0303. The predicted molar refractivity (Wildman–Crippen MR) is 90.7 cm³/mol. The van der Waals surface area contributed by atoms with Crippen molar-refractivity contribution in [3.63, 3.8) is 0 Å². The summed E-state index contributed by atoms with van der Waals surface area (Å²) < 4.78 is 7.87. The van der Waals surface area contributed by atoms with Crippen molar-refractivity contribution >= 4 is 38.1 Å². The zero-order valence-electron chi connectivity index (χ0n) is 12.1. The number of halogens is 1. The lowest BCUT2D eigenvalue weighted by Gasteiger charge is -2.26. The normalized spacial score (nSPS) is 15.3. The van der Waals surface area contributed by atoms with Gasteiger partial charge in [0.2, 0.25) is 4.96 Å². The molecule has 0 saturated carbocycles. The smallest absolute Gasteiger partial charge is 0.254 e. The number of morpholine rings is 1. The van der Waals surface area contributed by atoms with Crippen LogP contribution in [0.15, 0.2) is 35.1 Å². The van der Waals surface area contributed by atoms with Crippen LogP contribution in [0.3, 0.4) is 0 Å². The Labute approximate surface area is 144 Å². The van der Waals surface area contributed by atoms with Gasteiger partial charge in [0.15, 0.2) is 0 Å². The predicted octanol–water partition coefficient (Wildman–Crippen LogP) is 2.69. The third kappa shape index (κ3) is 2.77. The van der Waals surface area contributed by atoms with Crippen LogP contribution in [0.4, 0.5) is 0 Å². The summed E-state index contributed by atoms with van der Waals surface area (Å²) in [4.78, 5) is 19.4. The summed E-state index contributed by atoms with van der Waals surface area (Å²) in [5.74, 6) is 0.0523. The SMILES string of the molecule is O=C(c1ccc(-c2nn3c(Br)cnc3s2)cc1)N1CCOCC1. The third-order valence-electron chi connectivity index (χ3n) is 3.72. The van der Waals surface area contributed by atoms with Crippen LogP contribution < -0.4 is 0 Å². The molecule has 1 fully saturated rings. The van der Waals surface area contributed by atoms with E-state index in [1.807, 2.05) is 29.2 Å². The molecular formula is C15H13BrN4O2S. The van der Waals surface area contributed by atoms with Gasteiger partial charge in [-0.15, -0.1) is 0 Å². The molecule has 0 radical (unpaired) electrons. The van der Waals surface area contributed by atoms with E-state index in [9.17, 15) is 4.79 Å². The van der Waals surface area contributed by atoms with E-state index in [1.165, 1.54) is 11.3 Å². The van der Waals surface area contributed by atoms with E-state index < -0.39 is 0 Å². The number of fused-ring (bicyclic) bond motifs is 1. The number of carbonyl (C=O) groups excluding carboxylic acids is 1. The molecule has 3 heterocycles. The highest BCUT2D eigenvalue weighted by Gasteiger charge is 2.18. The minimum absolute atomic E-state index is 0.0523. The maximum Gasteiger partial charge on any atom is 0.254 e. The number of hydrogen-bond donors (Lipinski definition) is 0. The quantitative estimate of drug-likeness (QED) is 0.672. The maximum atomic E-state index is 12.4. The molecular weight excluding hydrogens is 380 g/mol. The molecule has 1 aliphatic heterocycles. The summed E-state index contributed by atoms with van der Waals surface area (Å²) in [6.45, 7) is 2.52. The Balaban J connectivity index is 1.58. The third-order valence-corrected chi connectivity index (χ3v) is 5.23.